The number of hydrogen-bond acceptors (Lipinski definition) is 3. The first-order valence-electron chi connectivity index (χ1n) is 6.06. The third-order valence-corrected chi connectivity index (χ3v) is 3.75. The Morgan fingerprint density at radius 1 is 1.44 bits per heavy atom. The predicted molar refractivity (Wildman–Crippen MR) is 65.9 cm³/mol. The molecule has 1 saturated heterocycles. The summed E-state index contributed by atoms with van der Waals surface area (Å²) in [5.41, 5.74) is 7.15. The molecule has 2 N–H and O–H groups in total. The van der Waals surface area contributed by atoms with Crippen molar-refractivity contribution in [1.29, 1.82) is 0 Å². The number of nitrogens with zero attached hydrogens (tertiary/aromatic N) is 2. The summed E-state index contributed by atoms with van der Waals surface area (Å²) in [4.78, 5) is 6.67. The van der Waals surface area contributed by atoms with Crippen molar-refractivity contribution in [1.82, 2.24) is 9.88 Å². The summed E-state index contributed by atoms with van der Waals surface area (Å²) >= 11 is 0. The van der Waals surface area contributed by atoms with Crippen LogP contribution in [0.5, 0.6) is 0 Å². The number of pyridine rings is 1. The van der Waals surface area contributed by atoms with E-state index in [0.29, 0.717) is 12.6 Å². The van der Waals surface area contributed by atoms with Crippen LogP contribution < -0.4 is 5.73 Å². The number of aromatic nitrogens is 1. The van der Waals surface area contributed by atoms with Gasteiger partial charge in [-0.2, -0.15) is 0 Å². The van der Waals surface area contributed by atoms with Gasteiger partial charge in [-0.25, -0.2) is 0 Å². The molecule has 1 fully saturated rings. The monoisotopic (exact) mass is 219 g/mol. The SMILES string of the molecule is CC1CN(C(CN)c2cccnc2)CC1C. The smallest absolute Gasteiger partial charge is 0.0485 e. The molecular formula is C13H21N3. The second kappa shape index (κ2) is 4.93. The minimum absolute atomic E-state index is 0.334. The zero-order valence-electron chi connectivity index (χ0n) is 10.1. The summed E-state index contributed by atoms with van der Waals surface area (Å²) < 4.78 is 0. The fourth-order valence-electron chi connectivity index (χ4n) is 2.50. The van der Waals surface area contributed by atoms with E-state index in [4.69, 9.17) is 5.73 Å². The average molecular weight is 219 g/mol. The zero-order valence-corrected chi connectivity index (χ0v) is 10.1. The summed E-state index contributed by atoms with van der Waals surface area (Å²) in [6.45, 7) is 7.62. The molecule has 2 heterocycles. The summed E-state index contributed by atoms with van der Waals surface area (Å²) in [6.07, 6.45) is 3.75. The van der Waals surface area contributed by atoms with Crippen molar-refractivity contribution >= 4 is 0 Å². The number of nitrogens with two attached hydrogens (primary N) is 1. The fourth-order valence-corrected chi connectivity index (χ4v) is 2.50. The first-order chi connectivity index (χ1) is 7.72. The molecular weight excluding hydrogens is 198 g/mol. The topological polar surface area (TPSA) is 42.1 Å². The highest BCUT2D eigenvalue weighted by molar-refractivity contribution is 5.15. The van der Waals surface area contributed by atoms with Crippen LogP contribution in [0.3, 0.4) is 0 Å². The Morgan fingerprint density at radius 2 is 2.12 bits per heavy atom. The highest BCUT2D eigenvalue weighted by atomic mass is 15.2. The van der Waals surface area contributed by atoms with Gasteiger partial charge in [0, 0.05) is 38.1 Å². The molecule has 1 aromatic rings. The summed E-state index contributed by atoms with van der Waals surface area (Å²) in [6, 6.07) is 4.44. The van der Waals surface area contributed by atoms with Crippen LogP contribution in [-0.4, -0.2) is 29.5 Å². The Labute approximate surface area is 97.7 Å². The van der Waals surface area contributed by atoms with Crippen LogP contribution in [0.15, 0.2) is 24.5 Å². The Bertz CT molecular complexity index is 315. The van der Waals surface area contributed by atoms with Crippen LogP contribution in [0.25, 0.3) is 0 Å². The van der Waals surface area contributed by atoms with Crippen molar-refractivity contribution in [2.24, 2.45) is 17.6 Å². The van der Waals surface area contributed by atoms with E-state index in [2.05, 4.69) is 29.8 Å². The first-order valence-corrected chi connectivity index (χ1v) is 6.06. The van der Waals surface area contributed by atoms with Gasteiger partial charge in [0.15, 0.2) is 0 Å². The molecule has 1 aliphatic rings. The third kappa shape index (κ3) is 2.25. The quantitative estimate of drug-likeness (QED) is 0.841. The maximum Gasteiger partial charge on any atom is 0.0485 e. The molecule has 0 saturated carbocycles. The van der Waals surface area contributed by atoms with Gasteiger partial charge in [0.2, 0.25) is 0 Å². The predicted octanol–water partition coefficient (Wildman–Crippen LogP) is 1.67. The second-order valence-electron chi connectivity index (χ2n) is 4.95. The fraction of sp³-hybridized carbons (Fsp3) is 0.615. The van der Waals surface area contributed by atoms with E-state index < -0.39 is 0 Å². The highest BCUT2D eigenvalue weighted by Crippen LogP contribution is 2.29. The lowest BCUT2D eigenvalue weighted by Gasteiger charge is -2.26. The zero-order chi connectivity index (χ0) is 11.5. The Balaban J connectivity index is 2.12. The van der Waals surface area contributed by atoms with Crippen molar-refractivity contribution in [3.05, 3.63) is 30.1 Å². The molecule has 2 rings (SSSR count). The largest absolute Gasteiger partial charge is 0.329 e. The van der Waals surface area contributed by atoms with Gasteiger partial charge in [0.1, 0.15) is 0 Å². The molecule has 0 aromatic carbocycles. The number of hydrogen-bond donors (Lipinski definition) is 1. The number of rotatable bonds is 3. The molecule has 16 heavy (non-hydrogen) atoms. The van der Waals surface area contributed by atoms with Crippen molar-refractivity contribution in [3.8, 4) is 0 Å². The molecule has 3 heteroatoms. The average Bonchev–Trinajstić information content (AvgIpc) is 2.61. The van der Waals surface area contributed by atoms with Crippen LogP contribution >= 0.6 is 0 Å². The van der Waals surface area contributed by atoms with Gasteiger partial charge in [-0.05, 0) is 23.5 Å². The van der Waals surface area contributed by atoms with E-state index >= 15 is 0 Å². The minimum Gasteiger partial charge on any atom is -0.329 e. The van der Waals surface area contributed by atoms with Gasteiger partial charge in [0.05, 0.1) is 0 Å². The lowest BCUT2D eigenvalue weighted by molar-refractivity contribution is 0.239. The standard InChI is InChI=1S/C13H21N3/c1-10-8-16(9-11(10)2)13(6-14)12-4-3-5-15-7-12/h3-5,7,10-11,13H,6,8-9,14H2,1-2H3. The number of likely N-dealkylation sites (tertiary alicyclic amines) is 1. The summed E-state index contributed by atoms with van der Waals surface area (Å²) in [5.74, 6) is 1.54. The van der Waals surface area contributed by atoms with Crippen molar-refractivity contribution < 1.29 is 0 Å². The van der Waals surface area contributed by atoms with Gasteiger partial charge < -0.3 is 5.73 Å². The van der Waals surface area contributed by atoms with Crippen molar-refractivity contribution in [2.45, 2.75) is 19.9 Å². The summed E-state index contributed by atoms with van der Waals surface area (Å²) in [5, 5.41) is 0. The highest BCUT2D eigenvalue weighted by Gasteiger charge is 2.30. The van der Waals surface area contributed by atoms with E-state index in [1.54, 1.807) is 0 Å². The molecule has 0 amide bonds. The molecule has 1 aromatic heterocycles. The van der Waals surface area contributed by atoms with Crippen LogP contribution in [0.1, 0.15) is 25.5 Å². The minimum atomic E-state index is 0.334. The molecule has 3 unspecified atom stereocenters. The molecule has 3 atom stereocenters. The van der Waals surface area contributed by atoms with E-state index in [1.807, 2.05) is 18.5 Å². The Hall–Kier alpha value is -0.930. The summed E-state index contributed by atoms with van der Waals surface area (Å²) in [7, 11) is 0. The molecule has 88 valence electrons. The van der Waals surface area contributed by atoms with Crippen LogP contribution in [0.2, 0.25) is 0 Å². The maximum absolute atomic E-state index is 5.91. The molecule has 1 aliphatic heterocycles. The Kier molecular flexibility index (Phi) is 3.56. The van der Waals surface area contributed by atoms with E-state index in [1.165, 1.54) is 5.56 Å². The van der Waals surface area contributed by atoms with E-state index in [0.717, 1.165) is 24.9 Å². The van der Waals surface area contributed by atoms with Crippen LogP contribution in [0, 0.1) is 11.8 Å². The molecule has 0 bridgehead atoms. The van der Waals surface area contributed by atoms with Crippen LogP contribution in [-0.2, 0) is 0 Å². The second-order valence-corrected chi connectivity index (χ2v) is 4.95. The maximum atomic E-state index is 5.91. The van der Waals surface area contributed by atoms with Gasteiger partial charge in [-0.1, -0.05) is 19.9 Å². The third-order valence-electron chi connectivity index (χ3n) is 3.75. The normalized spacial score (nSPS) is 28.2. The van der Waals surface area contributed by atoms with Gasteiger partial charge in [0.25, 0.3) is 0 Å². The molecule has 0 spiro atoms. The lowest BCUT2D eigenvalue weighted by Crippen LogP contribution is -2.32. The first kappa shape index (κ1) is 11.6. The lowest BCUT2D eigenvalue weighted by atomic mass is 10.0. The van der Waals surface area contributed by atoms with Crippen LogP contribution in [0.4, 0.5) is 0 Å². The molecule has 3 nitrogen and oxygen atoms in total. The van der Waals surface area contributed by atoms with Gasteiger partial charge >= 0.3 is 0 Å². The molecule has 0 radical (unpaired) electrons. The van der Waals surface area contributed by atoms with Gasteiger partial charge in [-0.3, -0.25) is 9.88 Å². The molecule has 0 aliphatic carbocycles. The van der Waals surface area contributed by atoms with Gasteiger partial charge in [-0.15, -0.1) is 0 Å². The van der Waals surface area contributed by atoms with Crippen molar-refractivity contribution in [2.75, 3.05) is 19.6 Å². The van der Waals surface area contributed by atoms with Crippen molar-refractivity contribution in [3.63, 3.8) is 0 Å². The van der Waals surface area contributed by atoms with E-state index in [9.17, 15) is 0 Å². The Morgan fingerprint density at radius 3 is 2.62 bits per heavy atom. The van der Waals surface area contributed by atoms with E-state index in [-0.39, 0.29) is 0 Å².